The van der Waals surface area contributed by atoms with Crippen molar-refractivity contribution in [3.8, 4) is 11.5 Å². The van der Waals surface area contributed by atoms with E-state index in [1.165, 1.54) is 7.11 Å². The second kappa shape index (κ2) is 9.53. The second-order valence-electron chi connectivity index (χ2n) is 5.14. The molecular weight excluding hydrogens is 360 g/mol. The van der Waals surface area contributed by atoms with Crippen molar-refractivity contribution in [2.45, 2.75) is 13.5 Å². The summed E-state index contributed by atoms with van der Waals surface area (Å²) in [6.07, 6.45) is -0.736. The Morgan fingerprint density at radius 2 is 1.88 bits per heavy atom. The normalized spacial score (nSPS) is 10.8. The van der Waals surface area contributed by atoms with E-state index < -0.39 is 6.09 Å². The number of carbonyl (C=O) groups excluding carboxylic acids is 1. The fourth-order valence-corrected chi connectivity index (χ4v) is 2.08. The fourth-order valence-electron chi connectivity index (χ4n) is 1.92. The van der Waals surface area contributed by atoms with Crippen LogP contribution in [0.4, 0.5) is 4.79 Å². The van der Waals surface area contributed by atoms with Crippen LogP contribution >= 0.6 is 11.6 Å². The minimum atomic E-state index is -0.736. The van der Waals surface area contributed by atoms with Gasteiger partial charge in [-0.05, 0) is 36.8 Å². The average molecular weight is 379 g/mol. The molecule has 0 saturated heterocycles. The van der Waals surface area contributed by atoms with Gasteiger partial charge in [0, 0.05) is 5.56 Å². The number of hydrogen-bond donors (Lipinski definition) is 1. The Bertz CT molecular complexity index is 778. The van der Waals surface area contributed by atoms with E-state index in [0.29, 0.717) is 17.3 Å². The molecule has 2 rings (SSSR count). The molecule has 0 spiro atoms. The van der Waals surface area contributed by atoms with Crippen LogP contribution in [0, 0.1) is 0 Å². The van der Waals surface area contributed by atoms with Crippen LogP contribution in [-0.4, -0.2) is 26.0 Å². The molecule has 2 aromatic carbocycles. The molecule has 0 fully saturated rings. The molecule has 1 amide bonds. The van der Waals surface area contributed by atoms with Gasteiger partial charge in [0.1, 0.15) is 12.4 Å². The first-order valence-corrected chi connectivity index (χ1v) is 8.01. The largest absolute Gasteiger partial charge is 0.497 e. The molecule has 0 aliphatic carbocycles. The van der Waals surface area contributed by atoms with E-state index in [9.17, 15) is 4.79 Å². The van der Waals surface area contributed by atoms with Gasteiger partial charge in [0.15, 0.2) is 5.75 Å². The maximum absolute atomic E-state index is 11.1. The average Bonchev–Trinajstić information content (AvgIpc) is 2.67. The first kappa shape index (κ1) is 19.4. The van der Waals surface area contributed by atoms with Gasteiger partial charge in [-0.2, -0.15) is 5.48 Å². The van der Waals surface area contributed by atoms with E-state index in [0.717, 1.165) is 16.9 Å². The molecule has 2 aromatic rings. The predicted molar refractivity (Wildman–Crippen MR) is 97.6 cm³/mol. The zero-order valence-corrected chi connectivity index (χ0v) is 15.4. The van der Waals surface area contributed by atoms with E-state index in [2.05, 4.69) is 15.4 Å². The summed E-state index contributed by atoms with van der Waals surface area (Å²) < 4.78 is 9.54. The standard InChI is InChI=1S/C18H19ClN2O5/c1-12(20-25-11-13-4-7-15(23-2)8-5-13)14-6-9-16(19)17(10-14)26-21-18(22)24-3/h4-10H,11H2,1-3H3,(H,21,22). The summed E-state index contributed by atoms with van der Waals surface area (Å²) in [6, 6.07) is 12.5. The molecule has 0 aliphatic rings. The van der Waals surface area contributed by atoms with Gasteiger partial charge in [-0.3, -0.25) is 0 Å². The number of oxime groups is 1. The number of halogens is 1. The minimum Gasteiger partial charge on any atom is -0.497 e. The summed E-state index contributed by atoms with van der Waals surface area (Å²) in [6.45, 7) is 2.11. The molecule has 26 heavy (non-hydrogen) atoms. The zero-order chi connectivity index (χ0) is 18.9. The number of hydroxylamine groups is 1. The van der Waals surface area contributed by atoms with E-state index >= 15 is 0 Å². The molecule has 0 unspecified atom stereocenters. The third kappa shape index (κ3) is 5.56. The Kier molecular flexibility index (Phi) is 7.11. The monoisotopic (exact) mass is 378 g/mol. The maximum Gasteiger partial charge on any atom is 0.440 e. The van der Waals surface area contributed by atoms with Crippen LogP contribution in [0.5, 0.6) is 11.5 Å². The molecule has 0 aromatic heterocycles. The molecule has 1 N–H and O–H groups in total. The molecule has 0 atom stereocenters. The van der Waals surface area contributed by atoms with E-state index in [1.54, 1.807) is 32.2 Å². The number of carbonyl (C=O) groups is 1. The third-order valence-electron chi connectivity index (χ3n) is 3.37. The van der Waals surface area contributed by atoms with Crippen LogP contribution < -0.4 is 15.1 Å². The number of ether oxygens (including phenoxy) is 2. The van der Waals surface area contributed by atoms with Gasteiger partial charge in [-0.1, -0.05) is 35.0 Å². The smallest absolute Gasteiger partial charge is 0.440 e. The van der Waals surface area contributed by atoms with Gasteiger partial charge in [0.2, 0.25) is 0 Å². The van der Waals surface area contributed by atoms with Crippen LogP contribution in [0.2, 0.25) is 5.02 Å². The first-order chi connectivity index (χ1) is 12.5. The second-order valence-corrected chi connectivity index (χ2v) is 5.55. The van der Waals surface area contributed by atoms with Crippen LogP contribution in [-0.2, 0) is 16.2 Å². The van der Waals surface area contributed by atoms with Gasteiger partial charge in [-0.25, -0.2) is 4.79 Å². The Labute approximate surface area is 156 Å². The van der Waals surface area contributed by atoms with Gasteiger partial charge in [0.05, 0.1) is 25.0 Å². The van der Waals surface area contributed by atoms with E-state index in [1.807, 2.05) is 24.3 Å². The Hall–Kier alpha value is -2.93. The van der Waals surface area contributed by atoms with Crippen molar-refractivity contribution in [1.29, 1.82) is 0 Å². The number of nitrogens with zero attached hydrogens (tertiary/aromatic N) is 1. The highest BCUT2D eigenvalue weighted by Gasteiger charge is 2.08. The van der Waals surface area contributed by atoms with Gasteiger partial charge in [0.25, 0.3) is 0 Å². The van der Waals surface area contributed by atoms with Gasteiger partial charge in [-0.15, -0.1) is 0 Å². The van der Waals surface area contributed by atoms with Crippen molar-refractivity contribution in [3.05, 3.63) is 58.6 Å². The fraction of sp³-hybridized carbons (Fsp3) is 0.222. The van der Waals surface area contributed by atoms with Crippen LogP contribution in [0.1, 0.15) is 18.1 Å². The van der Waals surface area contributed by atoms with E-state index in [-0.39, 0.29) is 5.75 Å². The van der Waals surface area contributed by atoms with Crippen molar-refractivity contribution in [2.75, 3.05) is 14.2 Å². The van der Waals surface area contributed by atoms with Crippen molar-refractivity contribution in [2.24, 2.45) is 5.16 Å². The lowest BCUT2D eigenvalue weighted by Gasteiger charge is -2.09. The predicted octanol–water partition coefficient (Wildman–Crippen LogP) is 3.94. The molecule has 138 valence electrons. The van der Waals surface area contributed by atoms with Gasteiger partial charge >= 0.3 is 6.09 Å². The Balaban J connectivity index is 1.99. The number of rotatable bonds is 7. The summed E-state index contributed by atoms with van der Waals surface area (Å²) in [5.74, 6) is 1.04. The molecule has 0 saturated carbocycles. The lowest BCUT2D eigenvalue weighted by Crippen LogP contribution is -2.26. The van der Waals surface area contributed by atoms with Crippen molar-refractivity contribution >= 4 is 23.4 Å². The summed E-state index contributed by atoms with van der Waals surface area (Å²) in [4.78, 5) is 21.6. The summed E-state index contributed by atoms with van der Waals surface area (Å²) >= 11 is 6.04. The van der Waals surface area contributed by atoms with Crippen molar-refractivity contribution in [1.82, 2.24) is 5.48 Å². The van der Waals surface area contributed by atoms with Crippen LogP contribution in [0.15, 0.2) is 47.6 Å². The number of benzene rings is 2. The Morgan fingerprint density at radius 1 is 1.15 bits per heavy atom. The summed E-state index contributed by atoms with van der Waals surface area (Å²) in [5.41, 5.74) is 4.42. The minimum absolute atomic E-state index is 0.263. The quantitative estimate of drug-likeness (QED) is 0.583. The summed E-state index contributed by atoms with van der Waals surface area (Å²) in [5, 5.41) is 4.42. The number of nitrogens with one attached hydrogen (secondary N) is 1. The SMILES string of the molecule is COC(=O)NOc1cc(C(C)=NOCc2ccc(OC)cc2)ccc1Cl. The molecule has 0 bridgehead atoms. The van der Waals surface area contributed by atoms with Crippen LogP contribution in [0.3, 0.4) is 0 Å². The number of hydrogen-bond acceptors (Lipinski definition) is 6. The van der Waals surface area contributed by atoms with Crippen LogP contribution in [0.25, 0.3) is 0 Å². The first-order valence-electron chi connectivity index (χ1n) is 7.63. The third-order valence-corrected chi connectivity index (χ3v) is 3.68. The van der Waals surface area contributed by atoms with Crippen molar-refractivity contribution < 1.29 is 23.9 Å². The highest BCUT2D eigenvalue weighted by atomic mass is 35.5. The zero-order valence-electron chi connectivity index (χ0n) is 14.6. The van der Waals surface area contributed by atoms with Gasteiger partial charge < -0.3 is 19.1 Å². The topological polar surface area (TPSA) is 78.4 Å². The molecule has 8 heteroatoms. The lowest BCUT2D eigenvalue weighted by molar-refractivity contribution is 0.118. The maximum atomic E-state index is 11.1. The molecule has 0 heterocycles. The number of amides is 1. The highest BCUT2D eigenvalue weighted by molar-refractivity contribution is 6.32. The molecule has 0 aliphatic heterocycles. The number of methoxy groups -OCH3 is 2. The van der Waals surface area contributed by atoms with E-state index in [4.69, 9.17) is 26.0 Å². The highest BCUT2D eigenvalue weighted by Crippen LogP contribution is 2.25. The molecular formula is C18H19ClN2O5. The molecule has 0 radical (unpaired) electrons. The molecule has 7 nitrogen and oxygen atoms in total. The lowest BCUT2D eigenvalue weighted by atomic mass is 10.1. The summed E-state index contributed by atoms with van der Waals surface area (Å²) in [7, 11) is 2.84. The Morgan fingerprint density at radius 3 is 2.54 bits per heavy atom. The van der Waals surface area contributed by atoms with Crippen molar-refractivity contribution in [3.63, 3.8) is 0 Å².